The molecule has 0 spiro atoms. The van der Waals surface area contributed by atoms with Gasteiger partial charge < -0.3 is 17.6 Å². The number of unbranched alkanes of at least 4 members (excludes halogenated alkanes) is 2. The third kappa shape index (κ3) is 2.75. The van der Waals surface area contributed by atoms with Gasteiger partial charge in [-0.1, -0.05) is 40.0 Å². The lowest BCUT2D eigenvalue weighted by Crippen LogP contribution is -2.54. The van der Waals surface area contributed by atoms with Gasteiger partial charge in [0.1, 0.15) is 11.4 Å². The second-order valence-corrected chi connectivity index (χ2v) is 8.42. The Morgan fingerprint density at radius 2 is 1.70 bits per heavy atom. The molecular weight excluding hydrogens is 341 g/mol. The second kappa shape index (κ2) is 7.22. The number of nitrogens with zero attached hydrogens (tertiary/aromatic N) is 2. The Kier molecular flexibility index (Phi) is 5.44. The van der Waals surface area contributed by atoms with Crippen molar-refractivity contribution in [3.05, 3.63) is 33.8 Å². The molecule has 0 saturated carbocycles. The zero-order chi connectivity index (χ0) is 20.1. The molecule has 3 heterocycles. The first-order valence-electron chi connectivity index (χ1n) is 10.8. The number of rotatable bonds is 6. The standard InChI is InChI=1S/C22H35BF2N2/c1-8-11-12-13-20-21-14(4)18(9-2)16(6)26(21)23(24,25)27-17(7)19(10-3)15(5)22(20)27/h14,20H,8-13H2,1-7H3. The van der Waals surface area contributed by atoms with Crippen LogP contribution in [0, 0.1) is 19.8 Å². The number of fused-ring (bicyclic) bond motifs is 1. The van der Waals surface area contributed by atoms with Crippen LogP contribution in [0.5, 0.6) is 0 Å². The summed E-state index contributed by atoms with van der Waals surface area (Å²) in [6, 6.07) is 0. The quantitative estimate of drug-likeness (QED) is 0.403. The van der Waals surface area contributed by atoms with E-state index in [9.17, 15) is 0 Å². The Bertz CT molecular complexity index is 817. The minimum absolute atomic E-state index is 0.103. The molecule has 1 aromatic heterocycles. The van der Waals surface area contributed by atoms with E-state index in [1.165, 1.54) is 14.5 Å². The number of aromatic nitrogens is 1. The van der Waals surface area contributed by atoms with E-state index in [0.717, 1.165) is 72.4 Å². The summed E-state index contributed by atoms with van der Waals surface area (Å²) in [6.45, 7) is 10.5. The lowest BCUT2D eigenvalue weighted by molar-refractivity contribution is -0.373. The zero-order valence-corrected chi connectivity index (χ0v) is 18.1. The van der Waals surface area contributed by atoms with Crippen LogP contribution in [-0.2, 0) is 6.42 Å². The molecule has 3 rings (SSSR count). The van der Waals surface area contributed by atoms with E-state index in [-0.39, 0.29) is 11.8 Å². The molecule has 1 aromatic rings. The minimum atomic E-state index is -3.83. The maximum absolute atomic E-state index is 15.9. The lowest BCUT2D eigenvalue weighted by Gasteiger charge is -2.36. The molecule has 0 fully saturated rings. The van der Waals surface area contributed by atoms with Gasteiger partial charge in [-0.05, 0) is 56.9 Å². The topological polar surface area (TPSA) is 7.94 Å². The van der Waals surface area contributed by atoms with Crippen LogP contribution in [0.25, 0.3) is 0 Å². The Balaban J connectivity index is 2.26. The zero-order valence-electron chi connectivity index (χ0n) is 18.1. The molecule has 2 nitrogen and oxygen atoms in total. The maximum atomic E-state index is 15.9. The summed E-state index contributed by atoms with van der Waals surface area (Å²) in [5, 5.41) is 0. The summed E-state index contributed by atoms with van der Waals surface area (Å²) in [5.74, 6) is 0.217. The predicted octanol–water partition coefficient (Wildman–Crippen LogP) is 6.35. The first kappa shape index (κ1) is 20.4. The van der Waals surface area contributed by atoms with Gasteiger partial charge in [0, 0.05) is 18.2 Å². The van der Waals surface area contributed by atoms with Crippen molar-refractivity contribution in [3.63, 3.8) is 0 Å². The van der Waals surface area contributed by atoms with Gasteiger partial charge in [-0.15, -0.1) is 0 Å². The van der Waals surface area contributed by atoms with E-state index in [0.29, 0.717) is 0 Å². The highest BCUT2D eigenvalue weighted by Gasteiger charge is 2.58. The molecule has 2 unspecified atom stereocenters. The lowest BCUT2D eigenvalue weighted by atomic mass is 9.77. The molecule has 0 N–H and O–H groups in total. The fourth-order valence-corrected chi connectivity index (χ4v) is 5.91. The van der Waals surface area contributed by atoms with Crippen molar-refractivity contribution in [2.45, 2.75) is 92.9 Å². The summed E-state index contributed by atoms with van der Waals surface area (Å²) in [7, 11) is 0. The van der Waals surface area contributed by atoms with Crippen molar-refractivity contribution in [1.82, 2.24) is 4.48 Å². The van der Waals surface area contributed by atoms with Crippen LogP contribution in [0.2, 0.25) is 0 Å². The molecule has 5 heteroatoms. The Morgan fingerprint density at radius 3 is 2.26 bits per heavy atom. The van der Waals surface area contributed by atoms with E-state index in [4.69, 9.17) is 0 Å². The average Bonchev–Trinajstić information content (AvgIpc) is 3.02. The van der Waals surface area contributed by atoms with Crippen molar-refractivity contribution < 1.29 is 13.1 Å². The van der Waals surface area contributed by atoms with Crippen LogP contribution in [0.15, 0.2) is 11.3 Å². The van der Waals surface area contributed by atoms with Crippen molar-refractivity contribution in [1.29, 1.82) is 0 Å². The molecule has 0 amide bonds. The average molecular weight is 376 g/mol. The summed E-state index contributed by atoms with van der Waals surface area (Å²) in [4.78, 5) is 0. The van der Waals surface area contributed by atoms with Crippen LogP contribution < -0.4 is 0 Å². The van der Waals surface area contributed by atoms with E-state index in [1.807, 2.05) is 13.8 Å². The monoisotopic (exact) mass is 376 g/mol. The van der Waals surface area contributed by atoms with E-state index in [2.05, 4.69) is 34.6 Å². The molecule has 27 heavy (non-hydrogen) atoms. The molecule has 0 saturated heterocycles. The predicted molar refractivity (Wildman–Crippen MR) is 111 cm³/mol. The van der Waals surface area contributed by atoms with Gasteiger partial charge in [0.2, 0.25) is 0 Å². The first-order chi connectivity index (χ1) is 12.7. The third-order valence-electron chi connectivity index (χ3n) is 7.10. The summed E-state index contributed by atoms with van der Waals surface area (Å²) in [5.41, 5.74) is 6.80. The number of hydrogen-bond donors (Lipinski definition) is 0. The van der Waals surface area contributed by atoms with Gasteiger partial charge >= 0.3 is 6.97 Å². The van der Waals surface area contributed by atoms with Gasteiger partial charge in [0.15, 0.2) is 0 Å². The van der Waals surface area contributed by atoms with Crippen LogP contribution in [-0.4, -0.2) is 21.6 Å². The molecule has 0 bridgehead atoms. The van der Waals surface area contributed by atoms with Crippen LogP contribution in [0.4, 0.5) is 8.63 Å². The highest BCUT2D eigenvalue weighted by atomic mass is 19.2. The smallest absolute Gasteiger partial charge is 0.396 e. The number of hydrogen-bond acceptors (Lipinski definition) is 0. The number of allylic oxidation sites excluding steroid dienone is 2. The molecule has 2 atom stereocenters. The van der Waals surface area contributed by atoms with Crippen molar-refractivity contribution in [3.8, 4) is 0 Å². The van der Waals surface area contributed by atoms with Crippen molar-refractivity contribution in [2.24, 2.45) is 5.92 Å². The van der Waals surface area contributed by atoms with Crippen molar-refractivity contribution in [2.75, 3.05) is 0 Å². The van der Waals surface area contributed by atoms with Gasteiger partial charge in [-0.25, -0.2) is 0 Å². The van der Waals surface area contributed by atoms with Gasteiger partial charge in [0.05, 0.1) is 11.8 Å². The molecular formula is C22H35BF2N2. The van der Waals surface area contributed by atoms with Gasteiger partial charge in [0.25, 0.3) is 0 Å². The third-order valence-corrected chi connectivity index (χ3v) is 7.10. The molecule has 150 valence electrons. The van der Waals surface area contributed by atoms with Crippen LogP contribution in [0.3, 0.4) is 0 Å². The van der Waals surface area contributed by atoms with Gasteiger partial charge in [-0.3, -0.25) is 0 Å². The normalized spacial score (nSPS) is 23.9. The highest BCUT2D eigenvalue weighted by Crippen LogP contribution is 2.46. The van der Waals surface area contributed by atoms with Gasteiger partial charge in [-0.2, -0.15) is 0 Å². The molecule has 0 aromatic carbocycles. The van der Waals surface area contributed by atoms with Crippen molar-refractivity contribution >= 4 is 12.7 Å². The number of halogens is 2. The van der Waals surface area contributed by atoms with E-state index >= 15 is 8.63 Å². The molecule has 2 aliphatic heterocycles. The molecule has 2 aliphatic rings. The van der Waals surface area contributed by atoms with Crippen LogP contribution >= 0.6 is 0 Å². The first-order valence-corrected chi connectivity index (χ1v) is 10.8. The fourth-order valence-electron chi connectivity index (χ4n) is 5.91. The van der Waals surface area contributed by atoms with E-state index in [1.54, 1.807) is 0 Å². The van der Waals surface area contributed by atoms with E-state index < -0.39 is 6.97 Å². The summed E-state index contributed by atoms with van der Waals surface area (Å²) in [6.07, 6.45) is 6.02. The second-order valence-electron chi connectivity index (χ2n) is 8.42. The SMILES string of the molecule is CCCCCC1C2=[N+](C(C)=C(CC)C2C)[B-](F)(F)n2c(C)c(CC)c(C)c21. The molecule has 0 aliphatic carbocycles. The minimum Gasteiger partial charge on any atom is -0.396 e. The Labute approximate surface area is 163 Å². The largest absolute Gasteiger partial charge is 0.736 e. The summed E-state index contributed by atoms with van der Waals surface area (Å²) < 4.78 is 34.8. The maximum Gasteiger partial charge on any atom is 0.736 e. The highest BCUT2D eigenvalue weighted by molar-refractivity contribution is 6.58. The fraction of sp³-hybridized carbons (Fsp3) is 0.682. The molecule has 0 radical (unpaired) electrons. The Hall–Kier alpha value is -1.39. The van der Waals surface area contributed by atoms with Crippen LogP contribution in [0.1, 0.15) is 95.2 Å². The Morgan fingerprint density at radius 1 is 1.04 bits per heavy atom. The summed E-state index contributed by atoms with van der Waals surface area (Å²) >= 11 is 0.